The molecule has 31 heavy (non-hydrogen) atoms. The maximum Gasteiger partial charge on any atom is 0.262 e. The molecule has 0 bridgehead atoms. The first-order chi connectivity index (χ1) is 15.0. The third-order valence-corrected chi connectivity index (χ3v) is 7.39. The molecule has 0 radical (unpaired) electrons. The Balaban J connectivity index is 1.91. The molecule has 8 heteroatoms. The van der Waals surface area contributed by atoms with Crippen molar-refractivity contribution in [2.24, 2.45) is 0 Å². The van der Waals surface area contributed by atoms with E-state index in [1.807, 2.05) is 49.4 Å². The number of methoxy groups -OCH3 is 1. The van der Waals surface area contributed by atoms with Crippen LogP contribution in [-0.4, -0.2) is 19.6 Å². The summed E-state index contributed by atoms with van der Waals surface area (Å²) in [6, 6.07) is 16.5. The van der Waals surface area contributed by atoms with Crippen LogP contribution in [0, 0.1) is 0 Å². The Bertz CT molecular complexity index is 1140. The van der Waals surface area contributed by atoms with E-state index >= 15 is 0 Å². The topological polar surface area (TPSA) is 50.8 Å². The zero-order valence-corrected chi connectivity index (χ0v) is 20.7. The highest BCUT2D eigenvalue weighted by Gasteiger charge is 2.36. The molecule has 1 heterocycles. The lowest BCUT2D eigenvalue weighted by Crippen LogP contribution is -2.43. The van der Waals surface area contributed by atoms with Crippen LogP contribution in [-0.2, 0) is 0 Å². The van der Waals surface area contributed by atoms with Crippen molar-refractivity contribution >= 4 is 60.7 Å². The van der Waals surface area contributed by atoms with Crippen molar-refractivity contribution in [3.05, 3.63) is 79.7 Å². The molecule has 1 amide bonds. The van der Waals surface area contributed by atoms with E-state index in [-0.39, 0.29) is 5.91 Å². The van der Waals surface area contributed by atoms with Crippen LogP contribution in [0.25, 0.3) is 0 Å². The number of halogens is 3. The van der Waals surface area contributed by atoms with Gasteiger partial charge in [0.15, 0.2) is 11.5 Å². The lowest BCUT2D eigenvalue weighted by molar-refractivity contribution is 0.0974. The Morgan fingerprint density at radius 2 is 1.81 bits per heavy atom. The van der Waals surface area contributed by atoms with E-state index in [9.17, 15) is 4.79 Å². The number of ether oxygens (including phenoxy) is 2. The standard InChI is InChI=1S/C23H19Br2ClN2O3/c1-3-31-21-18(30-2)12-16(19(24)20(21)25)22-27-17-7-5-4-6-15(17)23(29)28(22)14-10-8-13(26)9-11-14/h4-12,22,27H,3H2,1-2H3/t22-/m0/s1. The highest BCUT2D eigenvalue weighted by atomic mass is 79.9. The maximum absolute atomic E-state index is 13.6. The molecule has 1 atom stereocenters. The monoisotopic (exact) mass is 564 g/mol. The normalized spacial score (nSPS) is 15.3. The van der Waals surface area contributed by atoms with Gasteiger partial charge in [-0.1, -0.05) is 23.7 Å². The first-order valence-corrected chi connectivity index (χ1v) is 11.6. The van der Waals surface area contributed by atoms with Crippen molar-refractivity contribution in [1.29, 1.82) is 0 Å². The SMILES string of the molecule is CCOc1c(OC)cc([C@H]2Nc3ccccc3C(=O)N2c2ccc(Cl)cc2)c(Br)c1Br. The number of amides is 1. The quantitative estimate of drug-likeness (QED) is 0.360. The highest BCUT2D eigenvalue weighted by Crippen LogP contribution is 2.47. The van der Waals surface area contributed by atoms with E-state index in [1.54, 1.807) is 24.1 Å². The fraction of sp³-hybridized carbons (Fsp3) is 0.174. The van der Waals surface area contributed by atoms with Gasteiger partial charge in [-0.15, -0.1) is 0 Å². The van der Waals surface area contributed by atoms with Crippen LogP contribution >= 0.6 is 43.5 Å². The van der Waals surface area contributed by atoms with Crippen LogP contribution in [0.1, 0.15) is 29.0 Å². The van der Waals surface area contributed by atoms with Crippen molar-refractivity contribution in [3.63, 3.8) is 0 Å². The number of para-hydroxylation sites is 1. The van der Waals surface area contributed by atoms with Gasteiger partial charge >= 0.3 is 0 Å². The average molecular weight is 567 g/mol. The Morgan fingerprint density at radius 3 is 2.48 bits per heavy atom. The van der Waals surface area contributed by atoms with E-state index in [0.29, 0.717) is 33.2 Å². The highest BCUT2D eigenvalue weighted by molar-refractivity contribution is 9.13. The van der Waals surface area contributed by atoms with Gasteiger partial charge in [0.05, 0.1) is 23.8 Å². The van der Waals surface area contributed by atoms with Crippen molar-refractivity contribution in [3.8, 4) is 11.5 Å². The summed E-state index contributed by atoms with van der Waals surface area (Å²) in [5, 5.41) is 4.10. The van der Waals surface area contributed by atoms with Gasteiger partial charge < -0.3 is 14.8 Å². The molecule has 3 aromatic rings. The van der Waals surface area contributed by atoms with Crippen molar-refractivity contribution in [2.45, 2.75) is 13.1 Å². The Kier molecular flexibility index (Phi) is 6.46. The second-order valence-corrected chi connectivity index (χ2v) is 8.82. The number of carbonyl (C=O) groups is 1. The molecule has 1 aliphatic rings. The first-order valence-electron chi connectivity index (χ1n) is 9.59. The molecule has 3 aromatic carbocycles. The molecule has 1 aliphatic heterocycles. The van der Waals surface area contributed by atoms with E-state index in [2.05, 4.69) is 37.2 Å². The van der Waals surface area contributed by atoms with E-state index in [1.165, 1.54) is 0 Å². The molecular formula is C23H19Br2ClN2O3. The van der Waals surface area contributed by atoms with Crippen LogP contribution in [0.3, 0.4) is 0 Å². The average Bonchev–Trinajstić information content (AvgIpc) is 2.78. The molecule has 5 nitrogen and oxygen atoms in total. The molecule has 0 saturated carbocycles. The van der Waals surface area contributed by atoms with E-state index in [0.717, 1.165) is 21.4 Å². The number of hydrogen-bond acceptors (Lipinski definition) is 4. The van der Waals surface area contributed by atoms with Gasteiger partial charge in [0.1, 0.15) is 6.17 Å². The van der Waals surface area contributed by atoms with Gasteiger partial charge in [-0.25, -0.2) is 0 Å². The number of hydrogen-bond donors (Lipinski definition) is 1. The van der Waals surface area contributed by atoms with Gasteiger partial charge in [0, 0.05) is 26.4 Å². The number of rotatable bonds is 5. The molecule has 0 spiro atoms. The van der Waals surface area contributed by atoms with Crippen LogP contribution in [0.15, 0.2) is 63.5 Å². The smallest absolute Gasteiger partial charge is 0.262 e. The summed E-state index contributed by atoms with van der Waals surface area (Å²) in [4.78, 5) is 15.3. The lowest BCUT2D eigenvalue weighted by atomic mass is 10.0. The fourth-order valence-electron chi connectivity index (χ4n) is 3.57. The molecule has 4 rings (SSSR count). The summed E-state index contributed by atoms with van der Waals surface area (Å²) in [6.07, 6.45) is -0.501. The summed E-state index contributed by atoms with van der Waals surface area (Å²) in [5.74, 6) is 1.05. The Labute approximate surface area is 202 Å². The molecule has 0 fully saturated rings. The Hall–Kier alpha value is -2.22. The molecular weight excluding hydrogens is 548 g/mol. The zero-order chi connectivity index (χ0) is 22.1. The van der Waals surface area contributed by atoms with Gasteiger partial charge in [-0.2, -0.15) is 0 Å². The maximum atomic E-state index is 13.6. The minimum Gasteiger partial charge on any atom is -0.493 e. The first kappa shape index (κ1) is 22.0. The van der Waals surface area contributed by atoms with E-state index in [4.69, 9.17) is 21.1 Å². The molecule has 160 valence electrons. The van der Waals surface area contributed by atoms with Crippen LogP contribution in [0.5, 0.6) is 11.5 Å². The number of anilines is 2. The second kappa shape index (κ2) is 9.10. The van der Waals surface area contributed by atoms with Crippen molar-refractivity contribution in [2.75, 3.05) is 23.9 Å². The molecule has 0 unspecified atom stereocenters. The lowest BCUT2D eigenvalue weighted by Gasteiger charge is -2.39. The van der Waals surface area contributed by atoms with E-state index < -0.39 is 6.17 Å². The Morgan fingerprint density at radius 1 is 1.10 bits per heavy atom. The van der Waals surface area contributed by atoms with Crippen LogP contribution in [0.2, 0.25) is 5.02 Å². The van der Waals surface area contributed by atoms with Crippen LogP contribution in [0.4, 0.5) is 11.4 Å². The number of nitrogens with zero attached hydrogens (tertiary/aromatic N) is 1. The second-order valence-electron chi connectivity index (χ2n) is 6.80. The van der Waals surface area contributed by atoms with Crippen LogP contribution < -0.4 is 19.7 Å². The van der Waals surface area contributed by atoms with Gasteiger partial charge in [-0.05, 0) is 81.2 Å². The summed E-state index contributed by atoms with van der Waals surface area (Å²) in [7, 11) is 1.59. The predicted molar refractivity (Wildman–Crippen MR) is 131 cm³/mol. The number of benzene rings is 3. The number of carbonyl (C=O) groups excluding carboxylic acids is 1. The summed E-state index contributed by atoms with van der Waals surface area (Å²) in [6.45, 7) is 2.40. The molecule has 0 saturated heterocycles. The zero-order valence-electron chi connectivity index (χ0n) is 16.8. The minimum atomic E-state index is -0.501. The molecule has 0 aliphatic carbocycles. The summed E-state index contributed by atoms with van der Waals surface area (Å²) >= 11 is 13.4. The molecule has 0 aromatic heterocycles. The predicted octanol–water partition coefficient (Wildman–Crippen LogP) is 7.04. The van der Waals surface area contributed by atoms with Gasteiger partial charge in [-0.3, -0.25) is 9.69 Å². The van der Waals surface area contributed by atoms with Gasteiger partial charge in [0.25, 0.3) is 5.91 Å². The summed E-state index contributed by atoms with van der Waals surface area (Å²) < 4.78 is 12.8. The molecule has 1 N–H and O–H groups in total. The minimum absolute atomic E-state index is 0.113. The fourth-order valence-corrected chi connectivity index (χ4v) is 4.75. The van der Waals surface area contributed by atoms with Gasteiger partial charge in [0.2, 0.25) is 0 Å². The largest absolute Gasteiger partial charge is 0.493 e. The third kappa shape index (κ3) is 4.02. The van der Waals surface area contributed by atoms with Crippen molar-refractivity contribution < 1.29 is 14.3 Å². The third-order valence-electron chi connectivity index (χ3n) is 4.99. The van der Waals surface area contributed by atoms with Crippen molar-refractivity contribution in [1.82, 2.24) is 0 Å². The number of nitrogens with one attached hydrogen (secondary N) is 1. The summed E-state index contributed by atoms with van der Waals surface area (Å²) in [5.41, 5.74) is 2.89. The number of fused-ring (bicyclic) bond motifs is 1.